The number of carbonyl (C=O) groups is 1. The van der Waals surface area contributed by atoms with Gasteiger partial charge in [0, 0.05) is 4.88 Å². The maximum Gasteiger partial charge on any atom is 0.417 e. The molecular formula is C15H14F3NO4S2. The molecule has 10 heteroatoms. The van der Waals surface area contributed by atoms with E-state index in [1.807, 2.05) is 0 Å². The number of methoxy groups -OCH3 is 1. The minimum Gasteiger partial charge on any atom is -0.465 e. The number of thiophene rings is 1. The van der Waals surface area contributed by atoms with Crippen LogP contribution in [0.4, 0.5) is 18.2 Å². The van der Waals surface area contributed by atoms with Gasteiger partial charge in [0.15, 0.2) is 0 Å². The van der Waals surface area contributed by atoms with Crippen molar-refractivity contribution in [2.75, 3.05) is 11.8 Å². The Hall–Kier alpha value is -2.07. The largest absolute Gasteiger partial charge is 0.465 e. The van der Waals surface area contributed by atoms with E-state index >= 15 is 0 Å². The van der Waals surface area contributed by atoms with Crippen LogP contribution in [0, 0.1) is 13.8 Å². The summed E-state index contributed by atoms with van der Waals surface area (Å²) in [5.74, 6) is -0.774. The number of anilines is 1. The quantitative estimate of drug-likeness (QED) is 0.798. The Labute approximate surface area is 146 Å². The Bertz CT molecular complexity index is 917. The average Bonchev–Trinajstić information content (AvgIpc) is 2.79. The van der Waals surface area contributed by atoms with E-state index in [-0.39, 0.29) is 10.6 Å². The molecule has 2 rings (SSSR count). The van der Waals surface area contributed by atoms with Gasteiger partial charge in [0.2, 0.25) is 0 Å². The van der Waals surface area contributed by atoms with Gasteiger partial charge in [-0.05, 0) is 31.5 Å². The molecule has 0 saturated carbocycles. The minimum atomic E-state index is -4.84. The van der Waals surface area contributed by atoms with Gasteiger partial charge >= 0.3 is 12.1 Å². The first-order valence-corrected chi connectivity index (χ1v) is 9.16. The lowest BCUT2D eigenvalue weighted by Crippen LogP contribution is -2.19. The van der Waals surface area contributed by atoms with Crippen molar-refractivity contribution in [1.82, 2.24) is 0 Å². The van der Waals surface area contributed by atoms with E-state index in [0.29, 0.717) is 16.5 Å². The number of ether oxygens (including phenoxy) is 1. The molecule has 0 aliphatic carbocycles. The lowest BCUT2D eigenvalue weighted by atomic mass is 10.2. The van der Waals surface area contributed by atoms with E-state index < -0.39 is 32.6 Å². The number of carbonyl (C=O) groups excluding carboxylic acids is 1. The number of halogens is 3. The molecule has 136 valence electrons. The third-order valence-electron chi connectivity index (χ3n) is 3.48. The van der Waals surface area contributed by atoms with Crippen LogP contribution < -0.4 is 4.72 Å². The molecule has 0 bridgehead atoms. The standard InChI is InChI=1S/C15H14F3NO4S2/c1-8-9(2)24-13(12(8)14(20)23-3)19-25(21,22)11-7-5-4-6-10(11)15(16,17)18/h4-7,19H,1-3H3. The van der Waals surface area contributed by atoms with E-state index in [0.717, 1.165) is 30.6 Å². The van der Waals surface area contributed by atoms with Gasteiger partial charge in [-0.15, -0.1) is 11.3 Å². The summed E-state index contributed by atoms with van der Waals surface area (Å²) in [4.78, 5) is 11.6. The second-order valence-corrected chi connectivity index (χ2v) is 7.95. The van der Waals surface area contributed by atoms with E-state index in [1.165, 1.54) is 6.07 Å². The molecule has 0 aliphatic rings. The molecule has 1 N–H and O–H groups in total. The Morgan fingerprint density at radius 2 is 1.80 bits per heavy atom. The van der Waals surface area contributed by atoms with Crippen molar-refractivity contribution in [2.24, 2.45) is 0 Å². The predicted molar refractivity (Wildman–Crippen MR) is 87.4 cm³/mol. The van der Waals surface area contributed by atoms with Gasteiger partial charge in [0.25, 0.3) is 10.0 Å². The van der Waals surface area contributed by atoms with Crippen LogP contribution in [-0.4, -0.2) is 21.5 Å². The number of hydrogen-bond donors (Lipinski definition) is 1. The first kappa shape index (κ1) is 19.3. The van der Waals surface area contributed by atoms with Crippen LogP contribution in [0.1, 0.15) is 26.4 Å². The zero-order valence-electron chi connectivity index (χ0n) is 13.4. The molecule has 5 nitrogen and oxygen atoms in total. The maximum atomic E-state index is 13.1. The fourth-order valence-electron chi connectivity index (χ4n) is 2.16. The molecule has 0 aliphatic heterocycles. The zero-order chi connectivity index (χ0) is 19.0. The highest BCUT2D eigenvalue weighted by atomic mass is 32.2. The van der Waals surface area contributed by atoms with Crippen LogP contribution in [0.15, 0.2) is 29.2 Å². The van der Waals surface area contributed by atoms with Crippen molar-refractivity contribution in [3.05, 3.63) is 45.8 Å². The van der Waals surface area contributed by atoms with Crippen LogP contribution in [0.25, 0.3) is 0 Å². The molecule has 0 radical (unpaired) electrons. The number of alkyl halides is 3. The molecular weight excluding hydrogens is 379 g/mol. The Morgan fingerprint density at radius 1 is 1.20 bits per heavy atom. The SMILES string of the molecule is COC(=O)c1c(NS(=O)(=O)c2ccccc2C(F)(F)F)sc(C)c1C. The van der Waals surface area contributed by atoms with Gasteiger partial charge < -0.3 is 4.74 Å². The molecule has 0 saturated heterocycles. The number of hydrogen-bond acceptors (Lipinski definition) is 5. The topological polar surface area (TPSA) is 72.5 Å². The van der Waals surface area contributed by atoms with E-state index in [9.17, 15) is 26.4 Å². The Balaban J connectivity index is 2.56. The lowest BCUT2D eigenvalue weighted by Gasteiger charge is -2.14. The summed E-state index contributed by atoms with van der Waals surface area (Å²) in [5.41, 5.74) is -0.802. The minimum absolute atomic E-state index is 0.0157. The fourth-order valence-corrected chi connectivity index (χ4v) is 4.74. The highest BCUT2D eigenvalue weighted by Gasteiger charge is 2.37. The van der Waals surface area contributed by atoms with E-state index in [2.05, 4.69) is 9.46 Å². The van der Waals surface area contributed by atoms with Gasteiger partial charge in [-0.1, -0.05) is 12.1 Å². The second-order valence-electron chi connectivity index (χ2n) is 5.08. The number of rotatable bonds is 4. The lowest BCUT2D eigenvalue weighted by molar-refractivity contribution is -0.139. The smallest absolute Gasteiger partial charge is 0.417 e. The second kappa shape index (κ2) is 6.68. The first-order valence-electron chi connectivity index (χ1n) is 6.86. The third kappa shape index (κ3) is 3.79. The highest BCUT2D eigenvalue weighted by Crippen LogP contribution is 2.37. The summed E-state index contributed by atoms with van der Waals surface area (Å²) >= 11 is 0.947. The molecule has 1 aromatic heterocycles. The number of aryl methyl sites for hydroxylation is 1. The van der Waals surface area contributed by atoms with Gasteiger partial charge in [0.1, 0.15) is 5.00 Å². The zero-order valence-corrected chi connectivity index (χ0v) is 15.0. The molecule has 0 atom stereocenters. The molecule has 0 amide bonds. The number of benzene rings is 1. The summed E-state index contributed by atoms with van der Waals surface area (Å²) in [6, 6.07) is 3.83. The molecule has 0 spiro atoms. The molecule has 1 heterocycles. The third-order valence-corrected chi connectivity index (χ3v) is 6.14. The Morgan fingerprint density at radius 3 is 2.36 bits per heavy atom. The summed E-state index contributed by atoms with van der Waals surface area (Å²) in [6.45, 7) is 3.26. The van der Waals surface area contributed by atoms with Gasteiger partial charge in [-0.25, -0.2) is 13.2 Å². The van der Waals surface area contributed by atoms with Crippen LogP contribution in [-0.2, 0) is 20.9 Å². The summed E-state index contributed by atoms with van der Waals surface area (Å²) in [6.07, 6.45) is -4.84. The first-order chi connectivity index (χ1) is 11.5. The van der Waals surface area contributed by atoms with Gasteiger partial charge in [-0.2, -0.15) is 13.2 Å². The monoisotopic (exact) mass is 393 g/mol. The highest BCUT2D eigenvalue weighted by molar-refractivity contribution is 7.93. The summed E-state index contributed by atoms with van der Waals surface area (Å²) < 4.78 is 70.9. The molecule has 1 aromatic carbocycles. The molecule has 0 fully saturated rings. The molecule has 2 aromatic rings. The summed E-state index contributed by atoms with van der Waals surface area (Å²) in [5, 5.41) is -0.0844. The van der Waals surface area contributed by atoms with Crippen LogP contribution in [0.5, 0.6) is 0 Å². The van der Waals surface area contributed by atoms with Crippen molar-refractivity contribution < 1.29 is 31.1 Å². The van der Waals surface area contributed by atoms with Crippen LogP contribution >= 0.6 is 11.3 Å². The van der Waals surface area contributed by atoms with E-state index in [1.54, 1.807) is 13.8 Å². The van der Waals surface area contributed by atoms with Crippen molar-refractivity contribution in [3.8, 4) is 0 Å². The predicted octanol–water partition coefficient (Wildman–Crippen LogP) is 3.97. The van der Waals surface area contributed by atoms with Gasteiger partial charge in [-0.3, -0.25) is 4.72 Å². The number of esters is 1. The normalized spacial score (nSPS) is 12.1. The van der Waals surface area contributed by atoms with Crippen molar-refractivity contribution in [1.29, 1.82) is 0 Å². The van der Waals surface area contributed by atoms with Crippen molar-refractivity contribution in [3.63, 3.8) is 0 Å². The van der Waals surface area contributed by atoms with Gasteiger partial charge in [0.05, 0.1) is 23.1 Å². The van der Waals surface area contributed by atoms with Crippen LogP contribution in [0.3, 0.4) is 0 Å². The average molecular weight is 393 g/mol. The molecule has 0 unspecified atom stereocenters. The maximum absolute atomic E-state index is 13.1. The fraction of sp³-hybridized carbons (Fsp3) is 0.267. The van der Waals surface area contributed by atoms with Crippen LogP contribution in [0.2, 0.25) is 0 Å². The number of sulfonamides is 1. The summed E-state index contributed by atoms with van der Waals surface area (Å²) in [7, 11) is -3.43. The van der Waals surface area contributed by atoms with Crippen molar-refractivity contribution in [2.45, 2.75) is 24.9 Å². The molecule has 25 heavy (non-hydrogen) atoms. The van der Waals surface area contributed by atoms with Crippen molar-refractivity contribution >= 4 is 32.3 Å². The van der Waals surface area contributed by atoms with E-state index in [4.69, 9.17) is 0 Å². The Kier molecular flexibility index (Phi) is 5.14. The number of nitrogens with one attached hydrogen (secondary N) is 1.